The van der Waals surface area contributed by atoms with Crippen molar-refractivity contribution >= 4 is 0 Å². The van der Waals surface area contributed by atoms with Crippen molar-refractivity contribution in [3.05, 3.63) is 53.6 Å². The molecule has 4 nitrogen and oxygen atoms in total. The maximum atomic E-state index is 6.28. The molecule has 2 aromatic rings. The lowest BCUT2D eigenvalue weighted by atomic mass is 9.97. The van der Waals surface area contributed by atoms with Gasteiger partial charge in [0.2, 0.25) is 0 Å². The number of fused-ring (bicyclic) bond motifs is 1. The summed E-state index contributed by atoms with van der Waals surface area (Å²) in [6, 6.07) is 9.02. The van der Waals surface area contributed by atoms with Crippen LogP contribution in [0.25, 0.3) is 0 Å². The van der Waals surface area contributed by atoms with E-state index in [1.54, 1.807) is 0 Å². The van der Waals surface area contributed by atoms with Gasteiger partial charge in [-0.2, -0.15) is 0 Å². The van der Waals surface area contributed by atoms with Crippen LogP contribution >= 0.6 is 0 Å². The molecule has 4 heteroatoms. The Morgan fingerprint density at radius 2 is 2.15 bits per heavy atom. The summed E-state index contributed by atoms with van der Waals surface area (Å²) in [7, 11) is 0. The molecular weight excluding hydrogens is 248 g/mol. The highest BCUT2D eigenvalue weighted by Gasteiger charge is 2.27. The molecule has 0 amide bonds. The van der Waals surface area contributed by atoms with Crippen molar-refractivity contribution in [3.8, 4) is 0 Å². The topological polar surface area (TPSA) is 47.1 Å². The summed E-state index contributed by atoms with van der Waals surface area (Å²) < 4.78 is 2.23. The van der Waals surface area contributed by atoms with E-state index in [1.807, 2.05) is 6.20 Å². The monoisotopic (exact) mass is 270 g/mol. The van der Waals surface area contributed by atoms with Crippen LogP contribution in [0, 0.1) is 6.92 Å². The summed E-state index contributed by atoms with van der Waals surface area (Å²) in [5.41, 5.74) is 8.87. The number of aromatic nitrogens is 2. The fourth-order valence-electron chi connectivity index (χ4n) is 3.13. The smallest absolute Gasteiger partial charge is 0.122 e. The molecule has 0 radical (unpaired) electrons. The SMILES string of the molecule is Cc1cccc(C(C(C)N)N2CCn3ccnc3C2)c1. The molecule has 0 aliphatic carbocycles. The summed E-state index contributed by atoms with van der Waals surface area (Å²) in [4.78, 5) is 6.89. The van der Waals surface area contributed by atoms with Gasteiger partial charge < -0.3 is 10.3 Å². The predicted octanol–water partition coefficient (Wildman–Crippen LogP) is 2.10. The maximum Gasteiger partial charge on any atom is 0.122 e. The van der Waals surface area contributed by atoms with Crippen LogP contribution in [0.2, 0.25) is 0 Å². The molecule has 1 aromatic heterocycles. The van der Waals surface area contributed by atoms with Gasteiger partial charge >= 0.3 is 0 Å². The Morgan fingerprint density at radius 1 is 1.30 bits per heavy atom. The summed E-state index contributed by atoms with van der Waals surface area (Å²) in [5, 5.41) is 0. The second-order valence-corrected chi connectivity index (χ2v) is 5.73. The Labute approximate surface area is 120 Å². The van der Waals surface area contributed by atoms with Gasteiger partial charge in [0.25, 0.3) is 0 Å². The molecule has 0 spiro atoms. The first-order valence-corrected chi connectivity index (χ1v) is 7.21. The summed E-state index contributed by atoms with van der Waals surface area (Å²) >= 11 is 0. The maximum absolute atomic E-state index is 6.28. The van der Waals surface area contributed by atoms with Crippen LogP contribution in [0.1, 0.15) is 29.9 Å². The second-order valence-electron chi connectivity index (χ2n) is 5.73. The Bertz CT molecular complexity index is 588. The zero-order valence-corrected chi connectivity index (χ0v) is 12.2. The molecular formula is C16H22N4. The number of hydrogen-bond donors (Lipinski definition) is 1. The fraction of sp³-hybridized carbons (Fsp3) is 0.438. The third kappa shape index (κ3) is 2.49. The highest BCUT2D eigenvalue weighted by molar-refractivity contribution is 5.26. The molecule has 0 saturated heterocycles. The molecule has 2 unspecified atom stereocenters. The van der Waals surface area contributed by atoms with E-state index >= 15 is 0 Å². The molecule has 1 aliphatic heterocycles. The zero-order chi connectivity index (χ0) is 14.1. The third-order valence-corrected chi connectivity index (χ3v) is 4.05. The van der Waals surface area contributed by atoms with Gasteiger partial charge in [-0.25, -0.2) is 4.98 Å². The third-order valence-electron chi connectivity index (χ3n) is 4.05. The second kappa shape index (κ2) is 5.38. The molecule has 0 fully saturated rings. The first-order valence-electron chi connectivity index (χ1n) is 7.21. The average Bonchev–Trinajstić information content (AvgIpc) is 2.86. The highest BCUT2D eigenvalue weighted by atomic mass is 15.3. The Kier molecular flexibility index (Phi) is 3.59. The van der Waals surface area contributed by atoms with Crippen LogP contribution in [0.3, 0.4) is 0 Å². The Morgan fingerprint density at radius 3 is 2.90 bits per heavy atom. The van der Waals surface area contributed by atoms with Gasteiger partial charge in [-0.1, -0.05) is 29.8 Å². The van der Waals surface area contributed by atoms with Crippen LogP contribution in [-0.2, 0) is 13.1 Å². The van der Waals surface area contributed by atoms with Crippen LogP contribution in [0.15, 0.2) is 36.7 Å². The van der Waals surface area contributed by atoms with Gasteiger partial charge in [0.15, 0.2) is 0 Å². The minimum Gasteiger partial charge on any atom is -0.333 e. The molecule has 0 bridgehead atoms. The van der Waals surface area contributed by atoms with Crippen molar-refractivity contribution in [2.24, 2.45) is 5.73 Å². The van der Waals surface area contributed by atoms with E-state index in [9.17, 15) is 0 Å². The molecule has 2 N–H and O–H groups in total. The number of nitrogens with two attached hydrogens (primary N) is 1. The van der Waals surface area contributed by atoms with E-state index in [2.05, 4.69) is 58.8 Å². The summed E-state index contributed by atoms with van der Waals surface area (Å²) in [6.07, 6.45) is 3.94. The molecule has 1 aromatic carbocycles. The van der Waals surface area contributed by atoms with E-state index in [0.717, 1.165) is 25.5 Å². The predicted molar refractivity (Wildman–Crippen MR) is 80.2 cm³/mol. The Hall–Kier alpha value is -1.65. The number of aryl methyl sites for hydroxylation is 1. The van der Waals surface area contributed by atoms with Crippen molar-refractivity contribution in [1.82, 2.24) is 14.5 Å². The normalized spacial score (nSPS) is 18.6. The first-order chi connectivity index (χ1) is 9.65. The van der Waals surface area contributed by atoms with Crippen molar-refractivity contribution in [2.75, 3.05) is 6.54 Å². The van der Waals surface area contributed by atoms with E-state index < -0.39 is 0 Å². The fourth-order valence-corrected chi connectivity index (χ4v) is 3.13. The average molecular weight is 270 g/mol. The minimum absolute atomic E-state index is 0.0957. The number of nitrogens with zero attached hydrogens (tertiary/aromatic N) is 3. The molecule has 1 aliphatic rings. The van der Waals surface area contributed by atoms with E-state index in [1.165, 1.54) is 11.1 Å². The number of hydrogen-bond acceptors (Lipinski definition) is 3. The largest absolute Gasteiger partial charge is 0.333 e. The lowest BCUT2D eigenvalue weighted by Crippen LogP contribution is -2.43. The first kappa shape index (κ1) is 13.3. The van der Waals surface area contributed by atoms with Crippen LogP contribution in [0.5, 0.6) is 0 Å². The van der Waals surface area contributed by atoms with Crippen LogP contribution in [0.4, 0.5) is 0 Å². The number of rotatable bonds is 3. The van der Waals surface area contributed by atoms with Crippen LogP contribution in [-0.4, -0.2) is 27.0 Å². The minimum atomic E-state index is 0.0957. The van der Waals surface area contributed by atoms with Gasteiger partial charge in [0.05, 0.1) is 12.6 Å². The van der Waals surface area contributed by atoms with Gasteiger partial charge in [-0.05, 0) is 19.4 Å². The van der Waals surface area contributed by atoms with Crippen LogP contribution < -0.4 is 5.73 Å². The van der Waals surface area contributed by atoms with Gasteiger partial charge in [-0.3, -0.25) is 4.90 Å². The Balaban J connectivity index is 1.89. The number of benzene rings is 1. The zero-order valence-electron chi connectivity index (χ0n) is 12.2. The van der Waals surface area contributed by atoms with E-state index in [4.69, 9.17) is 5.73 Å². The van der Waals surface area contributed by atoms with Gasteiger partial charge in [-0.15, -0.1) is 0 Å². The lowest BCUT2D eigenvalue weighted by Gasteiger charge is -2.37. The van der Waals surface area contributed by atoms with Crippen molar-refractivity contribution in [2.45, 2.75) is 39.0 Å². The standard InChI is InChI=1S/C16H22N4/c1-12-4-3-5-14(10-12)16(13(2)17)20-9-8-19-7-6-18-15(19)11-20/h3-7,10,13,16H,8-9,11,17H2,1-2H3. The molecule has 3 rings (SSSR count). The van der Waals surface area contributed by atoms with Crippen molar-refractivity contribution in [1.29, 1.82) is 0 Å². The van der Waals surface area contributed by atoms with Gasteiger partial charge in [0.1, 0.15) is 5.82 Å². The van der Waals surface area contributed by atoms with Crippen molar-refractivity contribution < 1.29 is 0 Å². The van der Waals surface area contributed by atoms with Gasteiger partial charge in [0, 0.05) is 31.5 Å². The van der Waals surface area contributed by atoms with Crippen molar-refractivity contribution in [3.63, 3.8) is 0 Å². The number of imidazole rings is 1. The molecule has 0 saturated carbocycles. The van der Waals surface area contributed by atoms with E-state index in [-0.39, 0.29) is 12.1 Å². The lowest BCUT2D eigenvalue weighted by molar-refractivity contribution is 0.136. The molecule has 2 atom stereocenters. The molecule has 2 heterocycles. The molecule has 106 valence electrons. The molecule has 20 heavy (non-hydrogen) atoms. The quantitative estimate of drug-likeness (QED) is 0.929. The summed E-state index contributed by atoms with van der Waals surface area (Å²) in [5.74, 6) is 1.13. The van der Waals surface area contributed by atoms with E-state index in [0.29, 0.717) is 0 Å². The highest BCUT2D eigenvalue weighted by Crippen LogP contribution is 2.27. The summed E-state index contributed by atoms with van der Waals surface area (Å²) in [6.45, 7) is 7.10.